The Labute approximate surface area is 204 Å². The summed E-state index contributed by atoms with van der Waals surface area (Å²) in [5, 5.41) is 0.593. The van der Waals surface area contributed by atoms with Gasteiger partial charge in [0.05, 0.1) is 13.7 Å². The molecule has 1 N–H and O–H groups in total. The Kier molecular flexibility index (Phi) is 8.60. The number of nitrogens with zero attached hydrogens (tertiary/aromatic N) is 1. The number of rotatable bonds is 10. The van der Waals surface area contributed by atoms with Crippen molar-refractivity contribution in [2.24, 2.45) is 0 Å². The highest BCUT2D eigenvalue weighted by molar-refractivity contribution is 6.30. The topological polar surface area (TPSA) is 80.9 Å². The van der Waals surface area contributed by atoms with Crippen molar-refractivity contribution in [3.05, 3.63) is 81.6 Å². The molecule has 0 bridgehead atoms. The number of methoxy groups -OCH3 is 1. The number of esters is 1. The molecule has 2 aromatic carbocycles. The van der Waals surface area contributed by atoms with Crippen LogP contribution in [0.1, 0.15) is 39.8 Å². The number of carbonyl (C=O) groups is 2. The normalized spacial score (nSPS) is 10.6. The number of H-pyrrole nitrogens is 1. The SMILES string of the molecule is CCOC(=O)c1[nH]c(C)c(CN(Cc2ccc(OC)cc2)C(=O)COc2ccc(Cl)cc2)c1C. The summed E-state index contributed by atoms with van der Waals surface area (Å²) in [7, 11) is 1.61. The standard InChI is InChI=1S/C26H29ClN2O5/c1-5-33-26(31)25-17(2)23(18(3)28-25)15-29(14-19-6-10-21(32-4)11-7-19)24(30)16-34-22-12-8-20(27)9-13-22/h6-13,28H,5,14-16H2,1-4H3. The van der Waals surface area contributed by atoms with E-state index >= 15 is 0 Å². The molecule has 0 unspecified atom stereocenters. The number of ether oxygens (including phenoxy) is 3. The minimum Gasteiger partial charge on any atom is -0.497 e. The number of hydrogen-bond acceptors (Lipinski definition) is 5. The van der Waals surface area contributed by atoms with Gasteiger partial charge in [-0.3, -0.25) is 4.79 Å². The quantitative estimate of drug-likeness (QED) is 0.406. The minimum atomic E-state index is -0.409. The maximum Gasteiger partial charge on any atom is 0.355 e. The van der Waals surface area contributed by atoms with Crippen LogP contribution in [0.15, 0.2) is 48.5 Å². The van der Waals surface area contributed by atoms with Gasteiger partial charge in [-0.05, 0) is 73.9 Å². The second kappa shape index (κ2) is 11.6. The Hall–Kier alpha value is -3.45. The van der Waals surface area contributed by atoms with Crippen LogP contribution in [0.4, 0.5) is 0 Å². The van der Waals surface area contributed by atoms with Crippen molar-refractivity contribution in [2.45, 2.75) is 33.9 Å². The van der Waals surface area contributed by atoms with Crippen molar-refractivity contribution in [1.82, 2.24) is 9.88 Å². The van der Waals surface area contributed by atoms with Crippen molar-refractivity contribution < 1.29 is 23.8 Å². The minimum absolute atomic E-state index is 0.134. The molecule has 0 atom stereocenters. The average molecular weight is 485 g/mol. The van der Waals surface area contributed by atoms with E-state index in [0.29, 0.717) is 29.6 Å². The number of halogens is 1. The Morgan fingerprint density at radius 1 is 0.971 bits per heavy atom. The van der Waals surface area contributed by atoms with E-state index in [2.05, 4.69) is 4.98 Å². The van der Waals surface area contributed by atoms with Gasteiger partial charge in [-0.2, -0.15) is 0 Å². The molecule has 0 spiro atoms. The summed E-state index contributed by atoms with van der Waals surface area (Å²) in [5.41, 5.74) is 3.80. The van der Waals surface area contributed by atoms with Gasteiger partial charge >= 0.3 is 5.97 Å². The van der Waals surface area contributed by atoms with E-state index in [-0.39, 0.29) is 19.1 Å². The van der Waals surface area contributed by atoms with E-state index in [4.69, 9.17) is 25.8 Å². The van der Waals surface area contributed by atoms with Gasteiger partial charge in [-0.25, -0.2) is 4.79 Å². The molecule has 0 radical (unpaired) electrons. The molecule has 1 heterocycles. The number of carbonyl (C=O) groups excluding carboxylic acids is 2. The van der Waals surface area contributed by atoms with E-state index < -0.39 is 5.97 Å². The number of benzene rings is 2. The first-order valence-electron chi connectivity index (χ1n) is 11.0. The summed E-state index contributed by atoms with van der Waals surface area (Å²) < 4.78 is 16.1. The molecule has 1 aromatic heterocycles. The highest BCUT2D eigenvalue weighted by Gasteiger charge is 2.23. The number of nitrogens with one attached hydrogen (secondary N) is 1. The van der Waals surface area contributed by atoms with Crippen molar-refractivity contribution in [3.8, 4) is 11.5 Å². The third-order valence-corrected chi connectivity index (χ3v) is 5.73. The van der Waals surface area contributed by atoms with E-state index in [1.807, 2.05) is 38.1 Å². The van der Waals surface area contributed by atoms with Crippen LogP contribution in [0.3, 0.4) is 0 Å². The van der Waals surface area contributed by atoms with Gasteiger partial charge in [-0.1, -0.05) is 23.7 Å². The molecule has 8 heteroatoms. The fourth-order valence-corrected chi connectivity index (χ4v) is 3.70. The second-order valence-corrected chi connectivity index (χ2v) is 8.23. The second-order valence-electron chi connectivity index (χ2n) is 7.79. The van der Waals surface area contributed by atoms with E-state index in [0.717, 1.165) is 28.1 Å². The smallest absolute Gasteiger partial charge is 0.355 e. The summed E-state index contributed by atoms with van der Waals surface area (Å²) in [6.07, 6.45) is 0. The number of aromatic nitrogens is 1. The molecule has 0 aliphatic carbocycles. The number of amides is 1. The van der Waals surface area contributed by atoms with Gasteiger partial charge in [0.2, 0.25) is 0 Å². The summed E-state index contributed by atoms with van der Waals surface area (Å²) in [6, 6.07) is 14.4. The highest BCUT2D eigenvalue weighted by Crippen LogP contribution is 2.23. The molecular formula is C26H29ClN2O5. The van der Waals surface area contributed by atoms with Crippen molar-refractivity contribution in [3.63, 3.8) is 0 Å². The first-order chi connectivity index (χ1) is 16.3. The van der Waals surface area contributed by atoms with Gasteiger partial charge in [-0.15, -0.1) is 0 Å². The molecule has 0 saturated carbocycles. The highest BCUT2D eigenvalue weighted by atomic mass is 35.5. The van der Waals surface area contributed by atoms with Gasteiger partial charge in [0.1, 0.15) is 17.2 Å². The third kappa shape index (κ3) is 6.32. The fourth-order valence-electron chi connectivity index (χ4n) is 3.58. The van der Waals surface area contributed by atoms with E-state index in [1.54, 1.807) is 43.2 Å². The van der Waals surface area contributed by atoms with Crippen molar-refractivity contribution >= 4 is 23.5 Å². The van der Waals surface area contributed by atoms with Gasteiger partial charge < -0.3 is 24.1 Å². The Bertz CT molecular complexity index is 1120. The summed E-state index contributed by atoms with van der Waals surface area (Å²) in [5.74, 6) is 0.696. The van der Waals surface area contributed by atoms with Gasteiger partial charge in [0, 0.05) is 23.8 Å². The van der Waals surface area contributed by atoms with Crippen molar-refractivity contribution in [2.75, 3.05) is 20.3 Å². The van der Waals surface area contributed by atoms with Crippen LogP contribution in [0.5, 0.6) is 11.5 Å². The molecule has 1 amide bonds. The van der Waals surface area contributed by atoms with E-state index in [9.17, 15) is 9.59 Å². The first-order valence-corrected chi connectivity index (χ1v) is 11.3. The summed E-state index contributed by atoms with van der Waals surface area (Å²) in [4.78, 5) is 30.4. The summed E-state index contributed by atoms with van der Waals surface area (Å²) >= 11 is 5.93. The largest absolute Gasteiger partial charge is 0.497 e. The zero-order chi connectivity index (χ0) is 24.7. The number of hydrogen-bond donors (Lipinski definition) is 1. The predicted molar refractivity (Wildman–Crippen MR) is 130 cm³/mol. The van der Waals surface area contributed by atoms with Crippen LogP contribution in [0, 0.1) is 13.8 Å². The fraction of sp³-hybridized carbons (Fsp3) is 0.308. The lowest BCUT2D eigenvalue weighted by molar-refractivity contribution is -0.134. The lowest BCUT2D eigenvalue weighted by Gasteiger charge is -2.24. The van der Waals surface area contributed by atoms with Crippen molar-refractivity contribution in [1.29, 1.82) is 0 Å². The molecule has 0 fully saturated rings. The Morgan fingerprint density at radius 3 is 2.24 bits per heavy atom. The monoisotopic (exact) mass is 484 g/mol. The molecule has 0 saturated heterocycles. The van der Waals surface area contributed by atoms with Crippen LogP contribution in [0.25, 0.3) is 0 Å². The van der Waals surface area contributed by atoms with Crippen LogP contribution in [0.2, 0.25) is 5.02 Å². The first kappa shape index (κ1) is 25.2. The zero-order valence-electron chi connectivity index (χ0n) is 19.8. The molecular weight excluding hydrogens is 456 g/mol. The zero-order valence-corrected chi connectivity index (χ0v) is 20.6. The maximum atomic E-state index is 13.2. The molecule has 3 rings (SSSR count). The lowest BCUT2D eigenvalue weighted by Crippen LogP contribution is -2.34. The van der Waals surface area contributed by atoms with Crippen LogP contribution in [-0.4, -0.2) is 42.1 Å². The van der Waals surface area contributed by atoms with Crippen LogP contribution in [-0.2, 0) is 22.6 Å². The molecule has 0 aliphatic rings. The van der Waals surface area contributed by atoms with Crippen LogP contribution >= 0.6 is 11.6 Å². The molecule has 7 nitrogen and oxygen atoms in total. The number of aromatic amines is 1. The summed E-state index contributed by atoms with van der Waals surface area (Å²) in [6.45, 7) is 6.32. The lowest BCUT2D eigenvalue weighted by atomic mass is 10.1. The maximum absolute atomic E-state index is 13.2. The third-order valence-electron chi connectivity index (χ3n) is 5.48. The Balaban J connectivity index is 1.82. The molecule has 34 heavy (non-hydrogen) atoms. The Morgan fingerprint density at radius 2 is 1.62 bits per heavy atom. The van der Waals surface area contributed by atoms with E-state index in [1.165, 1.54) is 0 Å². The molecule has 0 aliphatic heterocycles. The molecule has 180 valence electrons. The van der Waals surface area contributed by atoms with Crippen LogP contribution < -0.4 is 9.47 Å². The molecule has 3 aromatic rings. The average Bonchev–Trinajstić information content (AvgIpc) is 3.12. The van der Waals surface area contributed by atoms with Gasteiger partial charge in [0.25, 0.3) is 5.91 Å². The number of aryl methyl sites for hydroxylation is 1. The van der Waals surface area contributed by atoms with Gasteiger partial charge in [0.15, 0.2) is 6.61 Å². The predicted octanol–water partition coefficient (Wildman–Crippen LogP) is 5.08.